The van der Waals surface area contributed by atoms with Gasteiger partial charge in [0.05, 0.1) is 5.92 Å². The van der Waals surface area contributed by atoms with Crippen LogP contribution >= 0.6 is 0 Å². The summed E-state index contributed by atoms with van der Waals surface area (Å²) in [6.07, 6.45) is 3.14. The van der Waals surface area contributed by atoms with E-state index in [1.165, 1.54) is 0 Å². The molecule has 2 amide bonds. The second-order valence-corrected chi connectivity index (χ2v) is 6.88. The molecular weight excluding hydrogens is 316 g/mol. The lowest BCUT2D eigenvalue weighted by Gasteiger charge is -2.26. The second-order valence-electron chi connectivity index (χ2n) is 6.88. The van der Waals surface area contributed by atoms with E-state index in [2.05, 4.69) is 6.92 Å². The summed E-state index contributed by atoms with van der Waals surface area (Å²) < 4.78 is 5.52. The zero-order valence-corrected chi connectivity index (χ0v) is 15.0. The Balaban J connectivity index is 1.61. The average molecular weight is 344 g/mol. The fourth-order valence-electron chi connectivity index (χ4n) is 3.79. The molecule has 2 fully saturated rings. The molecule has 2 saturated heterocycles. The van der Waals surface area contributed by atoms with Crippen LogP contribution in [0.25, 0.3) is 0 Å². The van der Waals surface area contributed by atoms with Gasteiger partial charge in [-0.3, -0.25) is 9.59 Å². The van der Waals surface area contributed by atoms with E-state index in [9.17, 15) is 9.59 Å². The smallest absolute Gasteiger partial charge is 0.251 e. The lowest BCUT2D eigenvalue weighted by atomic mass is 9.95. The number of nitrogens with zero attached hydrogens (tertiary/aromatic N) is 2. The fourth-order valence-corrected chi connectivity index (χ4v) is 3.79. The summed E-state index contributed by atoms with van der Waals surface area (Å²) in [6.45, 7) is 5.39. The highest BCUT2D eigenvalue weighted by molar-refractivity contribution is 5.84. The normalized spacial score (nSPS) is 22.5. The van der Waals surface area contributed by atoms with Gasteiger partial charge in [0.25, 0.3) is 5.91 Å². The summed E-state index contributed by atoms with van der Waals surface area (Å²) >= 11 is 0. The molecule has 2 aliphatic heterocycles. The Labute approximate surface area is 149 Å². The number of benzene rings is 1. The molecule has 0 bridgehead atoms. The first-order valence-corrected chi connectivity index (χ1v) is 9.45. The van der Waals surface area contributed by atoms with Crippen LogP contribution in [0, 0.1) is 0 Å². The predicted molar refractivity (Wildman–Crippen MR) is 96.2 cm³/mol. The number of carbonyl (C=O) groups is 2. The third-order valence-electron chi connectivity index (χ3n) is 5.23. The number of hydrogen-bond donors (Lipinski definition) is 0. The quantitative estimate of drug-likeness (QED) is 0.843. The third kappa shape index (κ3) is 4.21. The van der Waals surface area contributed by atoms with Crippen molar-refractivity contribution in [2.24, 2.45) is 0 Å². The number of hydrogen-bond acceptors (Lipinski definition) is 3. The Morgan fingerprint density at radius 3 is 2.48 bits per heavy atom. The lowest BCUT2D eigenvalue weighted by Crippen LogP contribution is -2.42. The molecule has 3 rings (SSSR count). The molecule has 5 heteroatoms. The molecule has 1 aromatic rings. The van der Waals surface area contributed by atoms with E-state index in [0.29, 0.717) is 26.2 Å². The highest BCUT2D eigenvalue weighted by Crippen LogP contribution is 2.23. The molecule has 0 saturated carbocycles. The summed E-state index contributed by atoms with van der Waals surface area (Å²) in [4.78, 5) is 29.4. The zero-order chi connectivity index (χ0) is 17.6. The molecule has 136 valence electrons. The standard InChI is InChI=1S/C20H28N2O3/c1-2-17(16-8-4-3-5-9-16)19(23)21-11-7-12-22(14-13-21)20(24)18-10-6-15-25-18/h3-5,8-9,17-18H,2,6-7,10-15H2,1H3/t17-,18-/m0/s1. The molecular formula is C20H28N2O3. The van der Waals surface area contributed by atoms with Gasteiger partial charge in [0.2, 0.25) is 5.91 Å². The van der Waals surface area contributed by atoms with Crippen LogP contribution in [0.15, 0.2) is 30.3 Å². The van der Waals surface area contributed by atoms with E-state index in [-0.39, 0.29) is 23.8 Å². The highest BCUT2D eigenvalue weighted by atomic mass is 16.5. The van der Waals surface area contributed by atoms with Gasteiger partial charge >= 0.3 is 0 Å². The van der Waals surface area contributed by atoms with Crippen molar-refractivity contribution in [1.82, 2.24) is 9.80 Å². The Hall–Kier alpha value is -1.88. The van der Waals surface area contributed by atoms with Gasteiger partial charge in [0, 0.05) is 32.8 Å². The van der Waals surface area contributed by atoms with E-state index < -0.39 is 0 Å². The molecule has 0 N–H and O–H groups in total. The Bertz CT molecular complexity index is 584. The van der Waals surface area contributed by atoms with Crippen molar-refractivity contribution >= 4 is 11.8 Å². The molecule has 0 radical (unpaired) electrons. The van der Waals surface area contributed by atoms with E-state index in [4.69, 9.17) is 4.74 Å². The number of amides is 2. The minimum atomic E-state index is -0.269. The van der Waals surface area contributed by atoms with Crippen molar-refractivity contribution < 1.29 is 14.3 Å². The molecule has 0 spiro atoms. The van der Waals surface area contributed by atoms with Crippen LogP contribution in [0.5, 0.6) is 0 Å². The van der Waals surface area contributed by atoms with Crippen molar-refractivity contribution in [2.45, 2.75) is 44.6 Å². The first-order valence-electron chi connectivity index (χ1n) is 9.45. The van der Waals surface area contributed by atoms with Crippen molar-refractivity contribution in [3.8, 4) is 0 Å². The maximum absolute atomic E-state index is 13.0. The SMILES string of the molecule is CC[C@H](C(=O)N1CCCN(C(=O)[C@@H]2CCCO2)CC1)c1ccccc1. The van der Waals surface area contributed by atoms with Gasteiger partial charge in [0.15, 0.2) is 0 Å². The van der Waals surface area contributed by atoms with Crippen molar-refractivity contribution in [1.29, 1.82) is 0 Å². The van der Waals surface area contributed by atoms with Crippen LogP contribution in [0.4, 0.5) is 0 Å². The Morgan fingerprint density at radius 1 is 1.08 bits per heavy atom. The van der Waals surface area contributed by atoms with Crippen molar-refractivity contribution in [3.63, 3.8) is 0 Å². The molecule has 0 unspecified atom stereocenters. The van der Waals surface area contributed by atoms with Gasteiger partial charge in [-0.2, -0.15) is 0 Å². The van der Waals surface area contributed by atoms with Crippen LogP contribution < -0.4 is 0 Å². The fraction of sp³-hybridized carbons (Fsp3) is 0.600. The van der Waals surface area contributed by atoms with Crippen LogP contribution in [0.3, 0.4) is 0 Å². The summed E-state index contributed by atoms with van der Waals surface area (Å²) in [7, 11) is 0. The number of carbonyl (C=O) groups excluding carboxylic acids is 2. The highest BCUT2D eigenvalue weighted by Gasteiger charge is 2.31. The molecule has 2 heterocycles. The lowest BCUT2D eigenvalue weighted by molar-refractivity contribution is -0.141. The third-order valence-corrected chi connectivity index (χ3v) is 5.23. The van der Waals surface area contributed by atoms with Crippen molar-refractivity contribution in [3.05, 3.63) is 35.9 Å². The topological polar surface area (TPSA) is 49.9 Å². The minimum Gasteiger partial charge on any atom is -0.368 e. The summed E-state index contributed by atoms with van der Waals surface area (Å²) in [6, 6.07) is 9.99. The summed E-state index contributed by atoms with van der Waals surface area (Å²) in [5.41, 5.74) is 1.08. The zero-order valence-electron chi connectivity index (χ0n) is 15.0. The van der Waals surface area contributed by atoms with Gasteiger partial charge in [-0.25, -0.2) is 0 Å². The Morgan fingerprint density at radius 2 is 1.80 bits per heavy atom. The monoisotopic (exact) mass is 344 g/mol. The molecule has 1 aromatic carbocycles. The Kier molecular flexibility index (Phi) is 6.08. The maximum atomic E-state index is 13.0. The molecule has 0 aliphatic carbocycles. The molecule has 0 aromatic heterocycles. The molecule has 2 aliphatic rings. The first kappa shape index (κ1) is 17.9. The number of rotatable bonds is 4. The molecule has 2 atom stereocenters. The average Bonchev–Trinajstić information content (AvgIpc) is 3.07. The van der Waals surface area contributed by atoms with E-state index in [0.717, 1.165) is 37.8 Å². The van der Waals surface area contributed by atoms with Gasteiger partial charge < -0.3 is 14.5 Å². The summed E-state index contributed by atoms with van der Waals surface area (Å²) in [5, 5.41) is 0. The van der Waals surface area contributed by atoms with Gasteiger partial charge in [-0.1, -0.05) is 37.3 Å². The van der Waals surface area contributed by atoms with Crippen LogP contribution in [-0.2, 0) is 14.3 Å². The van der Waals surface area contributed by atoms with Gasteiger partial charge in [-0.05, 0) is 31.2 Å². The second kappa shape index (κ2) is 8.48. The van der Waals surface area contributed by atoms with Crippen molar-refractivity contribution in [2.75, 3.05) is 32.8 Å². The van der Waals surface area contributed by atoms with Crippen LogP contribution in [0.1, 0.15) is 44.1 Å². The van der Waals surface area contributed by atoms with E-state index in [1.54, 1.807) is 0 Å². The first-order chi connectivity index (χ1) is 12.2. The van der Waals surface area contributed by atoms with Gasteiger partial charge in [0.1, 0.15) is 6.10 Å². The minimum absolute atomic E-state index is 0.0957. The van der Waals surface area contributed by atoms with Crippen LogP contribution in [-0.4, -0.2) is 60.5 Å². The number of ether oxygens (including phenoxy) is 1. The van der Waals surface area contributed by atoms with Crippen LogP contribution in [0.2, 0.25) is 0 Å². The largest absolute Gasteiger partial charge is 0.368 e. The van der Waals surface area contributed by atoms with E-state index >= 15 is 0 Å². The van der Waals surface area contributed by atoms with Gasteiger partial charge in [-0.15, -0.1) is 0 Å². The maximum Gasteiger partial charge on any atom is 0.251 e. The molecule has 25 heavy (non-hydrogen) atoms. The summed E-state index contributed by atoms with van der Waals surface area (Å²) in [5.74, 6) is 0.184. The predicted octanol–water partition coefficient (Wildman–Crippen LogP) is 2.42. The van der Waals surface area contributed by atoms with E-state index in [1.807, 2.05) is 40.1 Å². The molecule has 5 nitrogen and oxygen atoms in total.